The lowest BCUT2D eigenvalue weighted by Crippen LogP contribution is -2.41. The number of hydrogen-bond donors (Lipinski definition) is 1. The number of alkyl carbamates (subject to hydrolysis) is 1. The number of ketones is 1. The molecular formula is C11H18N2O4. The van der Waals surface area contributed by atoms with Gasteiger partial charge in [0.25, 0.3) is 0 Å². The number of nitrogens with zero attached hydrogens (tertiary/aromatic N) is 1. The number of amides is 2. The molecule has 1 saturated heterocycles. The summed E-state index contributed by atoms with van der Waals surface area (Å²) in [4.78, 5) is 35.2. The molecule has 1 rings (SSSR count). The first-order chi connectivity index (χ1) is 7.78. The third-order valence-corrected chi connectivity index (χ3v) is 2.16. The molecule has 1 aliphatic rings. The van der Waals surface area contributed by atoms with Crippen molar-refractivity contribution in [2.24, 2.45) is 0 Å². The van der Waals surface area contributed by atoms with Crippen LogP contribution in [-0.4, -0.2) is 47.9 Å². The van der Waals surface area contributed by atoms with Gasteiger partial charge in [-0.1, -0.05) is 0 Å². The van der Waals surface area contributed by atoms with Crippen LogP contribution in [0.4, 0.5) is 4.79 Å². The molecule has 6 heteroatoms. The first kappa shape index (κ1) is 13.5. The van der Waals surface area contributed by atoms with Crippen LogP contribution in [0, 0.1) is 0 Å². The molecule has 0 radical (unpaired) electrons. The highest BCUT2D eigenvalue weighted by atomic mass is 16.6. The molecule has 96 valence electrons. The maximum absolute atomic E-state index is 11.6. The quantitative estimate of drug-likeness (QED) is 0.756. The summed E-state index contributed by atoms with van der Waals surface area (Å²) in [6.45, 7) is 5.68. The van der Waals surface area contributed by atoms with E-state index in [1.54, 1.807) is 20.8 Å². The summed E-state index contributed by atoms with van der Waals surface area (Å²) >= 11 is 0. The highest BCUT2D eigenvalue weighted by molar-refractivity contribution is 5.91. The van der Waals surface area contributed by atoms with Gasteiger partial charge in [-0.3, -0.25) is 9.59 Å². The SMILES string of the molecule is CC(C)(C)OC(=O)NCC(=O)N1CCC(=O)C1. The van der Waals surface area contributed by atoms with E-state index < -0.39 is 11.7 Å². The third-order valence-electron chi connectivity index (χ3n) is 2.16. The fourth-order valence-corrected chi connectivity index (χ4v) is 1.42. The van der Waals surface area contributed by atoms with Crippen molar-refractivity contribution < 1.29 is 19.1 Å². The minimum absolute atomic E-state index is 0.0515. The Morgan fingerprint density at radius 2 is 2.06 bits per heavy atom. The Hall–Kier alpha value is -1.59. The van der Waals surface area contributed by atoms with E-state index in [-0.39, 0.29) is 24.8 Å². The van der Waals surface area contributed by atoms with Crippen LogP contribution in [0.5, 0.6) is 0 Å². The van der Waals surface area contributed by atoms with Crippen molar-refractivity contribution in [1.29, 1.82) is 0 Å². The lowest BCUT2D eigenvalue weighted by Gasteiger charge is -2.20. The Kier molecular flexibility index (Phi) is 4.09. The van der Waals surface area contributed by atoms with Gasteiger partial charge in [0.1, 0.15) is 12.1 Å². The minimum Gasteiger partial charge on any atom is -0.444 e. The van der Waals surface area contributed by atoms with Crippen LogP contribution in [0.3, 0.4) is 0 Å². The third kappa shape index (κ3) is 4.84. The summed E-state index contributed by atoms with van der Waals surface area (Å²) < 4.78 is 4.98. The maximum Gasteiger partial charge on any atom is 0.408 e. The number of likely N-dealkylation sites (tertiary alicyclic amines) is 1. The van der Waals surface area contributed by atoms with Crippen molar-refractivity contribution in [3.8, 4) is 0 Å². The predicted octanol–water partition coefficient (Wildman–Crippen LogP) is 0.312. The van der Waals surface area contributed by atoms with Crippen molar-refractivity contribution in [1.82, 2.24) is 10.2 Å². The molecule has 6 nitrogen and oxygen atoms in total. The standard InChI is InChI=1S/C11H18N2O4/c1-11(2,3)17-10(16)12-6-9(15)13-5-4-8(14)7-13/h4-7H2,1-3H3,(H,12,16). The molecule has 1 heterocycles. The van der Waals surface area contributed by atoms with Crippen LogP contribution in [0.2, 0.25) is 0 Å². The Morgan fingerprint density at radius 3 is 2.53 bits per heavy atom. The van der Waals surface area contributed by atoms with E-state index in [0.29, 0.717) is 13.0 Å². The fourth-order valence-electron chi connectivity index (χ4n) is 1.42. The van der Waals surface area contributed by atoms with Crippen LogP contribution >= 0.6 is 0 Å². The van der Waals surface area contributed by atoms with Gasteiger partial charge in [0.15, 0.2) is 5.78 Å². The van der Waals surface area contributed by atoms with E-state index >= 15 is 0 Å². The van der Waals surface area contributed by atoms with Crippen LogP contribution in [-0.2, 0) is 14.3 Å². The molecule has 0 aromatic rings. The Balaban J connectivity index is 2.29. The van der Waals surface area contributed by atoms with Crippen molar-refractivity contribution in [3.05, 3.63) is 0 Å². The summed E-state index contributed by atoms with van der Waals surface area (Å²) in [5.41, 5.74) is -0.587. The van der Waals surface area contributed by atoms with Gasteiger partial charge in [0, 0.05) is 13.0 Å². The number of carbonyl (C=O) groups is 3. The van der Waals surface area contributed by atoms with Gasteiger partial charge in [-0.2, -0.15) is 0 Å². The molecule has 0 bridgehead atoms. The van der Waals surface area contributed by atoms with E-state index in [0.717, 1.165) is 0 Å². The largest absolute Gasteiger partial charge is 0.444 e. The van der Waals surface area contributed by atoms with Gasteiger partial charge in [-0.25, -0.2) is 4.79 Å². The van der Waals surface area contributed by atoms with Crippen LogP contribution in [0.25, 0.3) is 0 Å². The molecule has 1 aliphatic heterocycles. The Morgan fingerprint density at radius 1 is 1.41 bits per heavy atom. The van der Waals surface area contributed by atoms with Crippen LogP contribution < -0.4 is 5.32 Å². The number of hydrogen-bond acceptors (Lipinski definition) is 4. The molecule has 0 aromatic carbocycles. The Bertz CT molecular complexity index is 333. The highest BCUT2D eigenvalue weighted by Gasteiger charge is 2.24. The van der Waals surface area contributed by atoms with E-state index in [1.807, 2.05) is 0 Å². The molecule has 0 aliphatic carbocycles. The average molecular weight is 242 g/mol. The van der Waals surface area contributed by atoms with E-state index in [1.165, 1.54) is 4.90 Å². The molecule has 1 fully saturated rings. The number of carbonyl (C=O) groups excluding carboxylic acids is 3. The molecule has 0 spiro atoms. The molecule has 0 unspecified atom stereocenters. The van der Waals surface area contributed by atoms with E-state index in [4.69, 9.17) is 4.74 Å². The maximum atomic E-state index is 11.6. The zero-order valence-corrected chi connectivity index (χ0v) is 10.4. The normalized spacial score (nSPS) is 15.9. The van der Waals surface area contributed by atoms with E-state index in [2.05, 4.69) is 5.32 Å². The summed E-state index contributed by atoms with van der Waals surface area (Å²) in [6, 6.07) is 0. The zero-order valence-electron chi connectivity index (χ0n) is 10.4. The summed E-state index contributed by atoms with van der Waals surface area (Å²) in [7, 11) is 0. The van der Waals surface area contributed by atoms with Gasteiger partial charge in [0.05, 0.1) is 6.54 Å². The van der Waals surface area contributed by atoms with Crippen LogP contribution in [0.1, 0.15) is 27.2 Å². The van der Waals surface area contributed by atoms with Crippen molar-refractivity contribution >= 4 is 17.8 Å². The first-order valence-electron chi connectivity index (χ1n) is 5.54. The molecule has 17 heavy (non-hydrogen) atoms. The molecule has 2 amide bonds. The second-order valence-electron chi connectivity index (χ2n) is 4.96. The first-order valence-corrected chi connectivity index (χ1v) is 5.54. The number of rotatable bonds is 2. The summed E-state index contributed by atoms with van der Waals surface area (Å²) in [6.07, 6.45) is -0.227. The van der Waals surface area contributed by atoms with Gasteiger partial charge >= 0.3 is 6.09 Å². The van der Waals surface area contributed by atoms with Gasteiger partial charge in [0.2, 0.25) is 5.91 Å². The van der Waals surface area contributed by atoms with Gasteiger partial charge in [-0.05, 0) is 20.8 Å². The smallest absolute Gasteiger partial charge is 0.408 e. The second kappa shape index (κ2) is 5.16. The average Bonchev–Trinajstić information content (AvgIpc) is 2.58. The molecule has 0 saturated carbocycles. The Labute approximate surface area is 100 Å². The van der Waals surface area contributed by atoms with Gasteiger partial charge in [-0.15, -0.1) is 0 Å². The van der Waals surface area contributed by atoms with Gasteiger partial charge < -0.3 is 15.0 Å². The van der Waals surface area contributed by atoms with Crippen molar-refractivity contribution in [2.45, 2.75) is 32.8 Å². The lowest BCUT2D eigenvalue weighted by molar-refractivity contribution is -0.130. The fraction of sp³-hybridized carbons (Fsp3) is 0.727. The molecule has 0 atom stereocenters. The molecule has 0 aromatic heterocycles. The lowest BCUT2D eigenvalue weighted by atomic mass is 10.2. The van der Waals surface area contributed by atoms with Crippen molar-refractivity contribution in [3.63, 3.8) is 0 Å². The zero-order chi connectivity index (χ0) is 13.1. The van der Waals surface area contributed by atoms with Crippen LogP contribution in [0.15, 0.2) is 0 Å². The second-order valence-corrected chi connectivity index (χ2v) is 4.96. The predicted molar refractivity (Wildman–Crippen MR) is 60.4 cm³/mol. The number of Topliss-reactive ketones (excluding diaryl/α,β-unsaturated/α-hetero) is 1. The molecule has 1 N–H and O–H groups in total. The number of ether oxygens (including phenoxy) is 1. The minimum atomic E-state index is -0.628. The molecular weight excluding hydrogens is 224 g/mol. The monoisotopic (exact) mass is 242 g/mol. The number of nitrogens with one attached hydrogen (secondary N) is 1. The highest BCUT2D eigenvalue weighted by Crippen LogP contribution is 2.07. The summed E-state index contributed by atoms with van der Waals surface area (Å²) in [5, 5.41) is 2.37. The van der Waals surface area contributed by atoms with E-state index in [9.17, 15) is 14.4 Å². The van der Waals surface area contributed by atoms with Crippen molar-refractivity contribution in [2.75, 3.05) is 19.6 Å². The topological polar surface area (TPSA) is 75.7 Å². The summed E-state index contributed by atoms with van der Waals surface area (Å²) in [5.74, 6) is -0.211.